The lowest BCUT2D eigenvalue weighted by atomic mass is 9.97. The van der Waals surface area contributed by atoms with Crippen LogP contribution in [0.3, 0.4) is 0 Å². The Bertz CT molecular complexity index is 439. The molecule has 0 radical (unpaired) electrons. The maximum Gasteiger partial charge on any atom is 0.135 e. The molecule has 0 spiro atoms. The minimum Gasteiger partial charge on any atom is -0.370 e. The molecule has 0 bridgehead atoms. The van der Waals surface area contributed by atoms with Crippen molar-refractivity contribution in [1.29, 1.82) is 0 Å². The molecule has 19 heavy (non-hydrogen) atoms. The normalized spacial score (nSPS) is 21.6. The zero-order chi connectivity index (χ0) is 13.2. The molecule has 4 nitrogen and oxygen atoms in total. The van der Waals surface area contributed by atoms with Gasteiger partial charge in [0.05, 0.1) is 0 Å². The molecule has 0 atom stereocenters. The summed E-state index contributed by atoms with van der Waals surface area (Å²) in [6.07, 6.45) is 4.93. The zero-order valence-corrected chi connectivity index (χ0v) is 12.2. The van der Waals surface area contributed by atoms with Crippen LogP contribution in [0.15, 0.2) is 6.07 Å². The third kappa shape index (κ3) is 3.57. The van der Waals surface area contributed by atoms with Gasteiger partial charge in [0.15, 0.2) is 0 Å². The number of aromatic nitrogens is 2. The van der Waals surface area contributed by atoms with Crippen LogP contribution in [0.5, 0.6) is 0 Å². The van der Waals surface area contributed by atoms with E-state index in [4.69, 9.17) is 11.6 Å². The predicted molar refractivity (Wildman–Crippen MR) is 77.7 cm³/mol. The first-order valence-electron chi connectivity index (χ1n) is 7.17. The van der Waals surface area contributed by atoms with Gasteiger partial charge in [0.1, 0.15) is 16.8 Å². The molecule has 1 saturated carbocycles. The SMILES string of the molecule is CN1CCC(CNc2cc(Cl)nc(C3CC3)n2)CC1. The van der Waals surface area contributed by atoms with Gasteiger partial charge in [-0.3, -0.25) is 0 Å². The van der Waals surface area contributed by atoms with Crippen molar-refractivity contribution >= 4 is 17.4 Å². The van der Waals surface area contributed by atoms with E-state index in [2.05, 4.69) is 27.2 Å². The van der Waals surface area contributed by atoms with Crippen molar-refractivity contribution in [3.8, 4) is 0 Å². The van der Waals surface area contributed by atoms with Crippen LogP contribution in [0, 0.1) is 5.92 Å². The Balaban J connectivity index is 1.57. The lowest BCUT2D eigenvalue weighted by molar-refractivity contribution is 0.226. The molecule has 2 fully saturated rings. The van der Waals surface area contributed by atoms with Gasteiger partial charge in [-0.15, -0.1) is 0 Å². The average Bonchev–Trinajstić information content (AvgIpc) is 3.22. The van der Waals surface area contributed by atoms with E-state index in [9.17, 15) is 0 Å². The molecule has 1 aromatic heterocycles. The van der Waals surface area contributed by atoms with Crippen molar-refractivity contribution in [2.75, 3.05) is 32.0 Å². The van der Waals surface area contributed by atoms with Crippen LogP contribution in [0.2, 0.25) is 5.15 Å². The van der Waals surface area contributed by atoms with Crippen molar-refractivity contribution < 1.29 is 0 Å². The van der Waals surface area contributed by atoms with Crippen molar-refractivity contribution in [2.45, 2.75) is 31.6 Å². The highest BCUT2D eigenvalue weighted by molar-refractivity contribution is 6.29. The maximum atomic E-state index is 6.06. The summed E-state index contributed by atoms with van der Waals surface area (Å²) < 4.78 is 0. The highest BCUT2D eigenvalue weighted by Crippen LogP contribution is 2.38. The van der Waals surface area contributed by atoms with Crippen LogP contribution < -0.4 is 5.32 Å². The highest BCUT2D eigenvalue weighted by Gasteiger charge is 2.27. The molecule has 2 aliphatic rings. The van der Waals surface area contributed by atoms with Crippen LogP contribution in [-0.2, 0) is 0 Å². The van der Waals surface area contributed by atoms with Crippen molar-refractivity contribution in [1.82, 2.24) is 14.9 Å². The molecule has 104 valence electrons. The summed E-state index contributed by atoms with van der Waals surface area (Å²) in [5.41, 5.74) is 0. The van der Waals surface area contributed by atoms with E-state index in [0.29, 0.717) is 11.1 Å². The molecule has 0 amide bonds. The minimum atomic E-state index is 0.544. The first-order valence-corrected chi connectivity index (χ1v) is 7.55. The van der Waals surface area contributed by atoms with Crippen LogP contribution in [0.1, 0.15) is 37.4 Å². The van der Waals surface area contributed by atoms with Crippen LogP contribution >= 0.6 is 11.6 Å². The Morgan fingerprint density at radius 2 is 2.00 bits per heavy atom. The van der Waals surface area contributed by atoms with Crippen LogP contribution in [-0.4, -0.2) is 41.5 Å². The maximum absolute atomic E-state index is 6.06. The second-order valence-corrected chi connectivity index (χ2v) is 6.22. The predicted octanol–water partition coefficient (Wildman–Crippen LogP) is 2.76. The average molecular weight is 281 g/mol. The molecular weight excluding hydrogens is 260 g/mol. The van der Waals surface area contributed by atoms with Crippen LogP contribution in [0.25, 0.3) is 0 Å². The molecule has 1 aromatic rings. The Morgan fingerprint density at radius 1 is 1.26 bits per heavy atom. The summed E-state index contributed by atoms with van der Waals surface area (Å²) in [4.78, 5) is 11.3. The standard InChI is InChI=1S/C14H21ClN4/c1-19-6-4-10(5-7-19)9-16-13-8-12(15)17-14(18-13)11-2-3-11/h8,10-11H,2-7,9H2,1H3,(H,16,17,18). The van der Waals surface area contributed by atoms with Crippen molar-refractivity contribution in [3.63, 3.8) is 0 Å². The smallest absolute Gasteiger partial charge is 0.135 e. The number of rotatable bonds is 4. The largest absolute Gasteiger partial charge is 0.370 e. The third-order valence-corrected chi connectivity index (χ3v) is 4.26. The molecule has 1 aliphatic heterocycles. The first-order chi connectivity index (χ1) is 9.20. The molecule has 5 heteroatoms. The number of nitrogens with one attached hydrogen (secondary N) is 1. The fourth-order valence-corrected chi connectivity index (χ4v) is 2.75. The molecule has 1 saturated heterocycles. The van der Waals surface area contributed by atoms with E-state index in [0.717, 1.165) is 24.1 Å². The summed E-state index contributed by atoms with van der Waals surface area (Å²) in [5, 5.41) is 4.00. The van der Waals surface area contributed by atoms with Gasteiger partial charge in [-0.2, -0.15) is 0 Å². The van der Waals surface area contributed by atoms with E-state index in [1.165, 1.54) is 38.8 Å². The lowest BCUT2D eigenvalue weighted by Gasteiger charge is -2.29. The summed E-state index contributed by atoms with van der Waals surface area (Å²) in [6.45, 7) is 3.39. The Labute approximate surface area is 119 Å². The fourth-order valence-electron chi connectivity index (χ4n) is 2.56. The van der Waals surface area contributed by atoms with E-state index >= 15 is 0 Å². The van der Waals surface area contributed by atoms with Gasteiger partial charge in [0, 0.05) is 18.5 Å². The molecule has 0 unspecified atom stereocenters. The number of likely N-dealkylation sites (tertiary alicyclic amines) is 1. The number of hydrogen-bond donors (Lipinski definition) is 1. The Morgan fingerprint density at radius 3 is 2.68 bits per heavy atom. The molecule has 1 N–H and O–H groups in total. The monoisotopic (exact) mass is 280 g/mol. The van der Waals surface area contributed by atoms with E-state index < -0.39 is 0 Å². The Hall–Kier alpha value is -0.870. The second-order valence-electron chi connectivity index (χ2n) is 5.84. The molecule has 2 heterocycles. The highest BCUT2D eigenvalue weighted by atomic mass is 35.5. The summed E-state index contributed by atoms with van der Waals surface area (Å²) in [7, 11) is 2.19. The summed E-state index contributed by atoms with van der Waals surface area (Å²) in [5.74, 6) is 3.09. The number of piperidine rings is 1. The molecule has 1 aliphatic carbocycles. The molecule has 3 rings (SSSR count). The van der Waals surface area contributed by atoms with Crippen molar-refractivity contribution in [2.24, 2.45) is 5.92 Å². The van der Waals surface area contributed by atoms with E-state index in [1.54, 1.807) is 0 Å². The quantitative estimate of drug-likeness (QED) is 0.861. The second kappa shape index (κ2) is 5.63. The van der Waals surface area contributed by atoms with Gasteiger partial charge in [-0.05, 0) is 51.7 Å². The minimum absolute atomic E-state index is 0.544. The van der Waals surface area contributed by atoms with Gasteiger partial charge in [-0.1, -0.05) is 11.6 Å². The van der Waals surface area contributed by atoms with Gasteiger partial charge < -0.3 is 10.2 Å². The number of hydrogen-bond acceptors (Lipinski definition) is 4. The zero-order valence-electron chi connectivity index (χ0n) is 11.4. The number of nitrogens with zero attached hydrogens (tertiary/aromatic N) is 3. The van der Waals surface area contributed by atoms with Gasteiger partial charge in [0.25, 0.3) is 0 Å². The lowest BCUT2D eigenvalue weighted by Crippen LogP contribution is -2.33. The van der Waals surface area contributed by atoms with Gasteiger partial charge >= 0.3 is 0 Å². The first kappa shape index (κ1) is 13.1. The van der Waals surface area contributed by atoms with E-state index in [-0.39, 0.29) is 0 Å². The third-order valence-electron chi connectivity index (χ3n) is 4.06. The summed E-state index contributed by atoms with van der Waals surface area (Å²) in [6, 6.07) is 1.84. The number of halogens is 1. The molecule has 0 aromatic carbocycles. The topological polar surface area (TPSA) is 41.0 Å². The molecular formula is C14H21ClN4. The summed E-state index contributed by atoms with van der Waals surface area (Å²) >= 11 is 6.06. The fraction of sp³-hybridized carbons (Fsp3) is 0.714. The number of anilines is 1. The Kier molecular flexibility index (Phi) is 3.89. The van der Waals surface area contributed by atoms with Crippen LogP contribution in [0.4, 0.5) is 5.82 Å². The van der Waals surface area contributed by atoms with Gasteiger partial charge in [0.2, 0.25) is 0 Å². The van der Waals surface area contributed by atoms with E-state index in [1.807, 2.05) is 6.07 Å². The van der Waals surface area contributed by atoms with Gasteiger partial charge in [-0.25, -0.2) is 9.97 Å². The van der Waals surface area contributed by atoms with Crippen molar-refractivity contribution in [3.05, 3.63) is 17.0 Å².